The van der Waals surface area contributed by atoms with Crippen LogP contribution in [0.2, 0.25) is 0 Å². The molecule has 2 aromatic rings. The number of alkyl halides is 1. The van der Waals surface area contributed by atoms with Gasteiger partial charge in [-0.05, 0) is 31.7 Å². The van der Waals surface area contributed by atoms with E-state index in [4.69, 9.17) is 11.6 Å². The van der Waals surface area contributed by atoms with Crippen LogP contribution in [0.5, 0.6) is 0 Å². The maximum Gasteiger partial charge on any atom is 0.160 e. The van der Waals surface area contributed by atoms with Crippen LogP contribution < -0.4 is 0 Å². The summed E-state index contributed by atoms with van der Waals surface area (Å²) in [5, 5.41) is 0. The Hall–Kier alpha value is -0.740. The molecule has 5 heteroatoms. The molecule has 0 bridgehead atoms. The van der Waals surface area contributed by atoms with Gasteiger partial charge in [-0.25, -0.2) is 9.97 Å². The summed E-state index contributed by atoms with van der Waals surface area (Å²) in [6.45, 7) is 6.43. The fourth-order valence-corrected chi connectivity index (χ4v) is 3.10. The van der Waals surface area contributed by atoms with Crippen molar-refractivity contribution < 1.29 is 0 Å². The smallest absolute Gasteiger partial charge is 0.160 e. The predicted molar refractivity (Wildman–Crippen MR) is 84.4 cm³/mol. The van der Waals surface area contributed by atoms with Gasteiger partial charge in [0.1, 0.15) is 11.3 Å². The number of aromatic nitrogens is 3. The van der Waals surface area contributed by atoms with E-state index in [1.807, 2.05) is 30.8 Å². The van der Waals surface area contributed by atoms with Crippen molar-refractivity contribution in [1.29, 1.82) is 0 Å². The average Bonchev–Trinajstić information content (AvgIpc) is 2.73. The molecule has 0 saturated heterocycles. The summed E-state index contributed by atoms with van der Waals surface area (Å²) in [6.07, 6.45) is 0.790. The largest absolute Gasteiger partial charge is 0.309 e. The molecule has 104 valence electrons. The number of nitrogens with zero attached hydrogens (tertiary/aromatic N) is 3. The standard InChI is InChI=1S/C14H20ClN3S/c1-4-19-9-11(3)18-13(7-8-15)17-12-6-5-10(2)16-14(12)18/h5-6,11H,4,7-9H2,1-3H3. The van der Waals surface area contributed by atoms with E-state index in [9.17, 15) is 0 Å². The Morgan fingerprint density at radius 2 is 2.16 bits per heavy atom. The molecule has 2 heterocycles. The minimum absolute atomic E-state index is 0.391. The van der Waals surface area contributed by atoms with E-state index in [1.165, 1.54) is 0 Å². The molecular weight excluding hydrogens is 278 g/mol. The number of imidazole rings is 1. The third-order valence-electron chi connectivity index (χ3n) is 3.07. The zero-order valence-corrected chi connectivity index (χ0v) is 13.3. The summed E-state index contributed by atoms with van der Waals surface area (Å²) < 4.78 is 2.26. The van der Waals surface area contributed by atoms with Gasteiger partial charge in [0.05, 0.1) is 0 Å². The van der Waals surface area contributed by atoms with E-state index in [-0.39, 0.29) is 0 Å². The van der Waals surface area contributed by atoms with Gasteiger partial charge in [-0.1, -0.05) is 6.92 Å². The molecule has 0 aromatic carbocycles. The fourth-order valence-electron chi connectivity index (χ4n) is 2.20. The topological polar surface area (TPSA) is 30.7 Å². The SMILES string of the molecule is CCSCC(C)n1c(CCCl)nc2ccc(C)nc21. The van der Waals surface area contributed by atoms with Crippen LogP contribution >= 0.6 is 23.4 Å². The summed E-state index contributed by atoms with van der Waals surface area (Å²) >= 11 is 7.84. The van der Waals surface area contributed by atoms with E-state index >= 15 is 0 Å². The summed E-state index contributed by atoms with van der Waals surface area (Å²) in [7, 11) is 0. The van der Waals surface area contributed by atoms with E-state index < -0.39 is 0 Å². The lowest BCUT2D eigenvalue weighted by molar-refractivity contribution is 0.592. The van der Waals surface area contributed by atoms with Crippen molar-refractivity contribution >= 4 is 34.5 Å². The highest BCUT2D eigenvalue weighted by Gasteiger charge is 2.16. The Morgan fingerprint density at radius 1 is 1.37 bits per heavy atom. The van der Waals surface area contributed by atoms with Crippen molar-refractivity contribution in [3.8, 4) is 0 Å². The summed E-state index contributed by atoms with van der Waals surface area (Å²) in [6, 6.07) is 4.45. The molecule has 0 radical (unpaired) electrons. The van der Waals surface area contributed by atoms with Crippen molar-refractivity contribution in [3.05, 3.63) is 23.7 Å². The minimum Gasteiger partial charge on any atom is -0.309 e. The lowest BCUT2D eigenvalue weighted by Gasteiger charge is -2.16. The molecule has 0 saturated carbocycles. The number of thioether (sulfide) groups is 1. The molecule has 0 fully saturated rings. The first kappa shape index (κ1) is 14.7. The molecule has 19 heavy (non-hydrogen) atoms. The maximum atomic E-state index is 5.90. The molecule has 0 aliphatic rings. The number of aryl methyl sites for hydroxylation is 2. The van der Waals surface area contributed by atoms with Crippen molar-refractivity contribution in [2.75, 3.05) is 17.4 Å². The zero-order chi connectivity index (χ0) is 13.8. The van der Waals surface area contributed by atoms with Crippen LogP contribution in [0.3, 0.4) is 0 Å². The van der Waals surface area contributed by atoms with Gasteiger partial charge in [-0.2, -0.15) is 11.8 Å². The second-order valence-electron chi connectivity index (χ2n) is 4.64. The number of hydrogen-bond donors (Lipinski definition) is 0. The fraction of sp³-hybridized carbons (Fsp3) is 0.571. The van der Waals surface area contributed by atoms with Crippen LogP contribution in [0, 0.1) is 6.92 Å². The molecule has 1 unspecified atom stereocenters. The first-order chi connectivity index (χ1) is 9.17. The molecule has 0 amide bonds. The number of rotatable bonds is 6. The number of halogens is 1. The first-order valence-electron chi connectivity index (χ1n) is 6.65. The van der Waals surface area contributed by atoms with Gasteiger partial charge in [0.15, 0.2) is 5.65 Å². The normalized spacial score (nSPS) is 13.1. The number of hydrogen-bond acceptors (Lipinski definition) is 3. The van der Waals surface area contributed by atoms with Gasteiger partial charge in [-0.15, -0.1) is 11.6 Å². The summed E-state index contributed by atoms with van der Waals surface area (Å²) in [5.41, 5.74) is 2.99. The van der Waals surface area contributed by atoms with Crippen molar-refractivity contribution in [2.24, 2.45) is 0 Å². The van der Waals surface area contributed by atoms with Crippen molar-refractivity contribution in [2.45, 2.75) is 33.2 Å². The van der Waals surface area contributed by atoms with Crippen LogP contribution in [0.1, 0.15) is 31.4 Å². The van der Waals surface area contributed by atoms with E-state index in [0.29, 0.717) is 11.9 Å². The van der Waals surface area contributed by atoms with Crippen LogP contribution in [0.4, 0.5) is 0 Å². The Bertz CT molecular complexity index is 553. The third-order valence-corrected chi connectivity index (χ3v) is 4.39. The van der Waals surface area contributed by atoms with Gasteiger partial charge in [0.25, 0.3) is 0 Å². The third kappa shape index (κ3) is 3.23. The minimum atomic E-state index is 0.391. The van der Waals surface area contributed by atoms with Crippen molar-refractivity contribution in [3.63, 3.8) is 0 Å². The van der Waals surface area contributed by atoms with Gasteiger partial charge >= 0.3 is 0 Å². The number of pyridine rings is 1. The Labute approximate surface area is 123 Å². The lowest BCUT2D eigenvalue weighted by Crippen LogP contribution is -2.13. The molecule has 0 N–H and O–H groups in total. The second-order valence-corrected chi connectivity index (χ2v) is 6.34. The highest BCUT2D eigenvalue weighted by atomic mass is 35.5. The van der Waals surface area contributed by atoms with E-state index in [2.05, 4.69) is 28.4 Å². The quantitative estimate of drug-likeness (QED) is 0.759. The highest BCUT2D eigenvalue weighted by molar-refractivity contribution is 7.99. The Balaban J connectivity index is 2.46. The summed E-state index contributed by atoms with van der Waals surface area (Å²) in [4.78, 5) is 9.34. The molecular formula is C14H20ClN3S. The second kappa shape index (κ2) is 6.62. The van der Waals surface area contributed by atoms with Gasteiger partial charge in [0, 0.05) is 29.8 Å². The maximum absolute atomic E-state index is 5.90. The average molecular weight is 298 g/mol. The Kier molecular flexibility index (Phi) is 5.11. The van der Waals surface area contributed by atoms with Crippen LogP contribution in [-0.4, -0.2) is 31.9 Å². The van der Waals surface area contributed by atoms with Crippen LogP contribution in [-0.2, 0) is 6.42 Å². The molecule has 0 spiro atoms. The van der Waals surface area contributed by atoms with Gasteiger partial charge in [-0.3, -0.25) is 0 Å². The summed E-state index contributed by atoms with van der Waals surface area (Å²) in [5.74, 6) is 3.85. The zero-order valence-electron chi connectivity index (χ0n) is 11.7. The monoisotopic (exact) mass is 297 g/mol. The number of fused-ring (bicyclic) bond motifs is 1. The molecule has 0 aliphatic carbocycles. The molecule has 2 aromatic heterocycles. The Morgan fingerprint density at radius 3 is 2.84 bits per heavy atom. The highest BCUT2D eigenvalue weighted by Crippen LogP contribution is 2.23. The molecule has 1 atom stereocenters. The van der Waals surface area contributed by atoms with E-state index in [1.54, 1.807) is 0 Å². The predicted octanol–water partition coefficient (Wildman–Crippen LogP) is 3.84. The van der Waals surface area contributed by atoms with Gasteiger partial charge < -0.3 is 4.57 Å². The molecule has 2 rings (SSSR count). The van der Waals surface area contributed by atoms with E-state index in [0.717, 1.165) is 40.6 Å². The lowest BCUT2D eigenvalue weighted by atomic mass is 10.3. The molecule has 0 aliphatic heterocycles. The molecule has 3 nitrogen and oxygen atoms in total. The van der Waals surface area contributed by atoms with Crippen LogP contribution in [0.25, 0.3) is 11.2 Å². The van der Waals surface area contributed by atoms with Gasteiger partial charge in [0.2, 0.25) is 0 Å². The van der Waals surface area contributed by atoms with Crippen LogP contribution in [0.15, 0.2) is 12.1 Å². The first-order valence-corrected chi connectivity index (χ1v) is 8.34. The van der Waals surface area contributed by atoms with Crippen molar-refractivity contribution in [1.82, 2.24) is 14.5 Å².